The Morgan fingerprint density at radius 2 is 2.21 bits per heavy atom. The standard InChI is InChI=1S/C16H18ClN3O3S/c1-22-15(21)9-13-10-20(6-7-23-13)16-19-18-14(24-16)8-11-2-4-12(17)5-3-11/h2-5,13H,6-10H2,1H3. The van der Waals surface area contributed by atoms with Crippen LogP contribution in [0.25, 0.3) is 0 Å². The van der Waals surface area contributed by atoms with Crippen molar-refractivity contribution >= 4 is 34.0 Å². The summed E-state index contributed by atoms with van der Waals surface area (Å²) >= 11 is 7.47. The molecule has 0 bridgehead atoms. The quantitative estimate of drug-likeness (QED) is 0.757. The maximum atomic E-state index is 11.4. The molecule has 2 heterocycles. The highest BCUT2D eigenvalue weighted by Gasteiger charge is 2.25. The minimum atomic E-state index is -0.262. The number of hydrogen-bond donors (Lipinski definition) is 0. The first kappa shape index (κ1) is 17.1. The Labute approximate surface area is 149 Å². The van der Waals surface area contributed by atoms with Crippen molar-refractivity contribution in [3.8, 4) is 0 Å². The Morgan fingerprint density at radius 1 is 1.42 bits per heavy atom. The summed E-state index contributed by atoms with van der Waals surface area (Å²) in [5, 5.41) is 11.1. The van der Waals surface area contributed by atoms with Crippen LogP contribution in [-0.4, -0.2) is 49.1 Å². The number of benzene rings is 1. The fourth-order valence-electron chi connectivity index (χ4n) is 2.51. The van der Waals surface area contributed by atoms with E-state index in [9.17, 15) is 4.79 Å². The topological polar surface area (TPSA) is 64.5 Å². The van der Waals surface area contributed by atoms with Gasteiger partial charge in [-0.25, -0.2) is 0 Å². The molecule has 1 aromatic heterocycles. The summed E-state index contributed by atoms with van der Waals surface area (Å²) in [6, 6.07) is 7.73. The van der Waals surface area contributed by atoms with Crippen molar-refractivity contribution in [2.75, 3.05) is 31.7 Å². The second kappa shape index (κ2) is 7.92. The maximum Gasteiger partial charge on any atom is 0.308 e. The van der Waals surface area contributed by atoms with Gasteiger partial charge in [0.1, 0.15) is 5.01 Å². The summed E-state index contributed by atoms with van der Waals surface area (Å²) in [7, 11) is 1.39. The first-order valence-corrected chi connectivity index (χ1v) is 8.83. The molecule has 0 saturated carbocycles. The van der Waals surface area contributed by atoms with E-state index < -0.39 is 0 Å². The van der Waals surface area contributed by atoms with Crippen molar-refractivity contribution in [2.45, 2.75) is 18.9 Å². The molecule has 1 saturated heterocycles. The fourth-order valence-corrected chi connectivity index (χ4v) is 3.54. The smallest absolute Gasteiger partial charge is 0.308 e. The third kappa shape index (κ3) is 4.43. The average molecular weight is 368 g/mol. The monoisotopic (exact) mass is 367 g/mol. The molecule has 1 fully saturated rings. The molecule has 1 aromatic carbocycles. The van der Waals surface area contributed by atoms with Crippen LogP contribution in [0.5, 0.6) is 0 Å². The van der Waals surface area contributed by atoms with Crippen LogP contribution in [-0.2, 0) is 20.7 Å². The van der Waals surface area contributed by atoms with Gasteiger partial charge in [-0.3, -0.25) is 4.79 Å². The highest BCUT2D eigenvalue weighted by Crippen LogP contribution is 2.25. The summed E-state index contributed by atoms with van der Waals surface area (Å²) < 4.78 is 10.3. The number of carbonyl (C=O) groups is 1. The molecule has 1 aliphatic rings. The predicted octanol–water partition coefficient (Wildman–Crippen LogP) is 2.55. The fraction of sp³-hybridized carbons (Fsp3) is 0.438. The molecule has 0 spiro atoms. The lowest BCUT2D eigenvalue weighted by molar-refractivity contribution is -0.144. The first-order valence-electron chi connectivity index (χ1n) is 7.64. The minimum Gasteiger partial charge on any atom is -0.469 e. The molecule has 1 aliphatic heterocycles. The summed E-state index contributed by atoms with van der Waals surface area (Å²) in [5.74, 6) is -0.262. The Morgan fingerprint density at radius 3 is 2.96 bits per heavy atom. The van der Waals surface area contributed by atoms with E-state index in [2.05, 4.69) is 15.1 Å². The van der Waals surface area contributed by atoms with Gasteiger partial charge in [0.05, 0.1) is 26.2 Å². The van der Waals surface area contributed by atoms with E-state index in [-0.39, 0.29) is 18.5 Å². The average Bonchev–Trinajstić information content (AvgIpc) is 3.06. The van der Waals surface area contributed by atoms with Crippen molar-refractivity contribution in [1.82, 2.24) is 10.2 Å². The van der Waals surface area contributed by atoms with Crippen molar-refractivity contribution < 1.29 is 14.3 Å². The van der Waals surface area contributed by atoms with E-state index in [1.165, 1.54) is 7.11 Å². The number of methoxy groups -OCH3 is 1. The van der Waals surface area contributed by atoms with Crippen LogP contribution < -0.4 is 4.90 Å². The molecule has 0 N–H and O–H groups in total. The second-order valence-electron chi connectivity index (χ2n) is 5.50. The van der Waals surface area contributed by atoms with Gasteiger partial charge in [-0.2, -0.15) is 0 Å². The van der Waals surface area contributed by atoms with Crippen molar-refractivity contribution in [1.29, 1.82) is 0 Å². The maximum absolute atomic E-state index is 11.4. The van der Waals surface area contributed by atoms with Crippen LogP contribution in [0.3, 0.4) is 0 Å². The third-order valence-corrected chi connectivity index (χ3v) is 4.99. The second-order valence-corrected chi connectivity index (χ2v) is 6.98. The summed E-state index contributed by atoms with van der Waals surface area (Å²) in [4.78, 5) is 13.5. The Hall–Kier alpha value is -1.70. The molecule has 24 heavy (non-hydrogen) atoms. The number of anilines is 1. The van der Waals surface area contributed by atoms with E-state index in [4.69, 9.17) is 21.1 Å². The number of esters is 1. The van der Waals surface area contributed by atoms with Gasteiger partial charge in [0.15, 0.2) is 0 Å². The lowest BCUT2D eigenvalue weighted by atomic mass is 10.2. The zero-order chi connectivity index (χ0) is 16.9. The number of hydrogen-bond acceptors (Lipinski definition) is 7. The summed E-state index contributed by atoms with van der Waals surface area (Å²) in [6.07, 6.45) is 0.809. The normalized spacial score (nSPS) is 17.8. The van der Waals surface area contributed by atoms with Crippen LogP contribution in [0.1, 0.15) is 17.0 Å². The van der Waals surface area contributed by atoms with Gasteiger partial charge in [0, 0.05) is 24.5 Å². The molecule has 1 unspecified atom stereocenters. The first-order chi connectivity index (χ1) is 11.6. The van der Waals surface area contributed by atoms with Gasteiger partial charge >= 0.3 is 5.97 Å². The molecule has 0 radical (unpaired) electrons. The molecule has 128 valence electrons. The Bertz CT molecular complexity index is 692. The number of ether oxygens (including phenoxy) is 2. The molecule has 2 aromatic rings. The zero-order valence-corrected chi connectivity index (χ0v) is 14.8. The summed E-state index contributed by atoms with van der Waals surface area (Å²) in [6.45, 7) is 1.92. The van der Waals surface area contributed by atoms with Crippen LogP contribution in [0.4, 0.5) is 5.13 Å². The van der Waals surface area contributed by atoms with E-state index in [0.29, 0.717) is 13.2 Å². The summed E-state index contributed by atoms with van der Waals surface area (Å²) in [5.41, 5.74) is 1.15. The third-order valence-electron chi connectivity index (χ3n) is 3.76. The molecule has 8 heteroatoms. The number of aromatic nitrogens is 2. The predicted molar refractivity (Wildman–Crippen MR) is 92.8 cm³/mol. The number of rotatable bonds is 5. The molecule has 0 aliphatic carbocycles. The van der Waals surface area contributed by atoms with Crippen LogP contribution in [0.2, 0.25) is 5.02 Å². The van der Waals surface area contributed by atoms with Gasteiger partial charge in [0.25, 0.3) is 0 Å². The van der Waals surface area contributed by atoms with E-state index in [1.807, 2.05) is 24.3 Å². The number of carbonyl (C=O) groups excluding carboxylic acids is 1. The van der Waals surface area contributed by atoms with Crippen LogP contribution in [0, 0.1) is 0 Å². The van der Waals surface area contributed by atoms with E-state index in [1.54, 1.807) is 11.3 Å². The Balaban J connectivity index is 1.62. The Kier molecular flexibility index (Phi) is 5.65. The molecule has 6 nitrogen and oxygen atoms in total. The SMILES string of the molecule is COC(=O)CC1CN(c2nnc(Cc3ccc(Cl)cc3)s2)CCO1. The van der Waals surface area contributed by atoms with Gasteiger partial charge in [-0.1, -0.05) is 35.1 Å². The van der Waals surface area contributed by atoms with Gasteiger partial charge in [-0.15, -0.1) is 10.2 Å². The van der Waals surface area contributed by atoms with Crippen LogP contribution in [0.15, 0.2) is 24.3 Å². The minimum absolute atomic E-state index is 0.171. The van der Waals surface area contributed by atoms with Crippen molar-refractivity contribution in [3.05, 3.63) is 39.9 Å². The molecule has 1 atom stereocenters. The molecule has 0 amide bonds. The van der Waals surface area contributed by atoms with Gasteiger partial charge in [-0.05, 0) is 17.7 Å². The van der Waals surface area contributed by atoms with Crippen molar-refractivity contribution in [3.63, 3.8) is 0 Å². The largest absolute Gasteiger partial charge is 0.469 e. The number of nitrogens with zero attached hydrogens (tertiary/aromatic N) is 3. The van der Waals surface area contributed by atoms with E-state index in [0.717, 1.165) is 33.7 Å². The van der Waals surface area contributed by atoms with Crippen molar-refractivity contribution in [2.24, 2.45) is 0 Å². The van der Waals surface area contributed by atoms with E-state index >= 15 is 0 Å². The van der Waals surface area contributed by atoms with Crippen LogP contribution >= 0.6 is 22.9 Å². The molecular weight excluding hydrogens is 350 g/mol. The lowest BCUT2D eigenvalue weighted by Gasteiger charge is -2.31. The lowest BCUT2D eigenvalue weighted by Crippen LogP contribution is -2.43. The number of halogens is 1. The van der Waals surface area contributed by atoms with Gasteiger partial charge < -0.3 is 14.4 Å². The number of morpholine rings is 1. The van der Waals surface area contributed by atoms with Gasteiger partial charge in [0.2, 0.25) is 5.13 Å². The highest BCUT2D eigenvalue weighted by molar-refractivity contribution is 7.15. The zero-order valence-electron chi connectivity index (χ0n) is 13.3. The molecular formula is C16H18ClN3O3S. The molecule has 3 rings (SSSR count). The highest BCUT2D eigenvalue weighted by atomic mass is 35.5.